The molecule has 1 spiro atoms. The fourth-order valence-electron chi connectivity index (χ4n) is 4.28. The second-order valence-electron chi connectivity index (χ2n) is 6.11. The van der Waals surface area contributed by atoms with Gasteiger partial charge in [0, 0.05) is 23.6 Å². The first-order chi connectivity index (χ1) is 8.71. The normalized spacial score (nSPS) is 37.8. The van der Waals surface area contributed by atoms with Gasteiger partial charge < -0.3 is 9.84 Å². The number of likely N-dealkylation sites (N-methyl/N-ethyl adjacent to an activating group) is 1. The number of ether oxygens (including phenoxy) is 1. The van der Waals surface area contributed by atoms with Gasteiger partial charge in [-0.05, 0) is 32.4 Å². The van der Waals surface area contributed by atoms with Crippen LogP contribution in [-0.4, -0.2) is 35.7 Å². The fourth-order valence-corrected chi connectivity index (χ4v) is 4.28. The first-order valence-electron chi connectivity index (χ1n) is 6.90. The molecule has 0 unspecified atom stereocenters. The molecule has 1 aromatic rings. The summed E-state index contributed by atoms with van der Waals surface area (Å²) in [6, 6.07) is 6.53. The van der Waals surface area contributed by atoms with Gasteiger partial charge in [0.05, 0.1) is 0 Å². The fraction of sp³-hybridized carbons (Fsp3) is 0.600. The number of benzene rings is 1. The third-order valence-electron chi connectivity index (χ3n) is 5.24. The molecule has 1 N–H and O–H groups in total. The van der Waals surface area contributed by atoms with Crippen molar-refractivity contribution >= 4 is 0 Å². The number of hydrogen-bond donors (Lipinski definition) is 1. The monoisotopic (exact) mass is 245 g/mol. The minimum absolute atomic E-state index is 0.170. The van der Waals surface area contributed by atoms with Gasteiger partial charge in [-0.15, -0.1) is 0 Å². The van der Waals surface area contributed by atoms with Gasteiger partial charge in [0.2, 0.25) is 0 Å². The van der Waals surface area contributed by atoms with Crippen molar-refractivity contribution in [1.82, 2.24) is 4.90 Å². The number of phenolic OH excluding ortho intramolecular Hbond substituents is 1. The van der Waals surface area contributed by atoms with Crippen LogP contribution in [0.5, 0.6) is 11.5 Å². The van der Waals surface area contributed by atoms with Crippen LogP contribution in [0.1, 0.15) is 31.2 Å². The Morgan fingerprint density at radius 3 is 3.22 bits per heavy atom. The van der Waals surface area contributed by atoms with Crippen molar-refractivity contribution in [2.45, 2.75) is 43.2 Å². The Morgan fingerprint density at radius 2 is 2.33 bits per heavy atom. The predicted molar refractivity (Wildman–Crippen MR) is 69.1 cm³/mol. The number of likely N-dealkylation sites (tertiary alicyclic amines) is 1. The molecule has 0 aromatic heterocycles. The first-order valence-corrected chi connectivity index (χ1v) is 6.90. The van der Waals surface area contributed by atoms with Crippen molar-refractivity contribution in [2.24, 2.45) is 0 Å². The minimum Gasteiger partial charge on any atom is -0.504 e. The first kappa shape index (κ1) is 10.7. The molecule has 3 nitrogen and oxygen atoms in total. The molecule has 2 fully saturated rings. The lowest BCUT2D eigenvalue weighted by Gasteiger charge is -2.50. The molecule has 2 aliphatic heterocycles. The summed E-state index contributed by atoms with van der Waals surface area (Å²) in [5.41, 5.74) is 1.43. The molecule has 3 heteroatoms. The van der Waals surface area contributed by atoms with Crippen molar-refractivity contribution in [1.29, 1.82) is 0 Å². The second kappa shape index (κ2) is 3.41. The summed E-state index contributed by atoms with van der Waals surface area (Å²) >= 11 is 0. The predicted octanol–water partition coefficient (Wildman–Crippen LogP) is 2.28. The lowest BCUT2D eigenvalue weighted by Crippen LogP contribution is -2.58. The van der Waals surface area contributed by atoms with Gasteiger partial charge in [-0.2, -0.15) is 0 Å². The molecule has 2 bridgehead atoms. The zero-order valence-electron chi connectivity index (χ0n) is 10.7. The van der Waals surface area contributed by atoms with E-state index in [4.69, 9.17) is 4.74 Å². The molecule has 4 rings (SSSR count). The van der Waals surface area contributed by atoms with E-state index >= 15 is 0 Å². The summed E-state index contributed by atoms with van der Waals surface area (Å²) in [7, 11) is 2.20. The van der Waals surface area contributed by atoms with Crippen molar-refractivity contribution in [3.63, 3.8) is 0 Å². The zero-order valence-corrected chi connectivity index (χ0v) is 10.7. The van der Waals surface area contributed by atoms with E-state index in [0.29, 0.717) is 11.8 Å². The molecule has 18 heavy (non-hydrogen) atoms. The van der Waals surface area contributed by atoms with Crippen LogP contribution in [0.3, 0.4) is 0 Å². The Kier molecular flexibility index (Phi) is 2.03. The molecular formula is C15H19NO2. The number of rotatable bonds is 0. The third-order valence-corrected chi connectivity index (χ3v) is 5.24. The van der Waals surface area contributed by atoms with E-state index in [-0.39, 0.29) is 11.5 Å². The molecule has 3 aliphatic rings. The Balaban J connectivity index is 1.86. The number of phenols is 1. The van der Waals surface area contributed by atoms with E-state index < -0.39 is 0 Å². The summed E-state index contributed by atoms with van der Waals surface area (Å²) in [6.07, 6.45) is 5.19. The van der Waals surface area contributed by atoms with Gasteiger partial charge in [-0.25, -0.2) is 0 Å². The van der Waals surface area contributed by atoms with Crippen LogP contribution in [0.4, 0.5) is 0 Å². The smallest absolute Gasteiger partial charge is 0.165 e. The number of aromatic hydroxyl groups is 1. The van der Waals surface area contributed by atoms with Gasteiger partial charge in [-0.3, -0.25) is 4.90 Å². The number of para-hydroxylation sites is 1. The SMILES string of the molecule is CN1C[C@@H]2Oc3c(O)cccc3[C@@]23CCC[C@H]1C3. The summed E-state index contributed by atoms with van der Waals surface area (Å²) in [4.78, 5) is 2.44. The van der Waals surface area contributed by atoms with E-state index in [2.05, 4.69) is 18.0 Å². The van der Waals surface area contributed by atoms with E-state index in [0.717, 1.165) is 12.3 Å². The number of nitrogens with zero attached hydrogens (tertiary/aromatic N) is 1. The van der Waals surface area contributed by atoms with E-state index in [1.54, 1.807) is 6.07 Å². The van der Waals surface area contributed by atoms with Crippen LogP contribution in [0, 0.1) is 0 Å². The largest absolute Gasteiger partial charge is 0.504 e. The van der Waals surface area contributed by atoms with E-state index in [1.807, 2.05) is 6.07 Å². The molecule has 2 heterocycles. The Bertz CT molecular complexity index is 501. The summed E-state index contributed by atoms with van der Waals surface area (Å²) in [5.74, 6) is 1.06. The molecule has 1 aromatic carbocycles. The average Bonchev–Trinajstić information content (AvgIpc) is 2.66. The van der Waals surface area contributed by atoms with Crippen LogP contribution in [0.15, 0.2) is 18.2 Å². The maximum absolute atomic E-state index is 10.00. The second-order valence-corrected chi connectivity index (χ2v) is 6.11. The molecular weight excluding hydrogens is 226 g/mol. The molecule has 1 saturated carbocycles. The maximum atomic E-state index is 10.00. The van der Waals surface area contributed by atoms with Gasteiger partial charge in [0.15, 0.2) is 11.5 Å². The van der Waals surface area contributed by atoms with Gasteiger partial charge in [0.1, 0.15) is 6.10 Å². The molecule has 96 valence electrons. The van der Waals surface area contributed by atoms with E-state index in [9.17, 15) is 5.11 Å². The Hall–Kier alpha value is -1.22. The number of piperidine rings is 1. The van der Waals surface area contributed by atoms with Crippen molar-refractivity contribution in [3.05, 3.63) is 23.8 Å². The maximum Gasteiger partial charge on any atom is 0.165 e. The highest BCUT2D eigenvalue weighted by Crippen LogP contribution is 2.56. The topological polar surface area (TPSA) is 32.7 Å². The highest BCUT2D eigenvalue weighted by atomic mass is 16.5. The lowest BCUT2D eigenvalue weighted by atomic mass is 9.63. The van der Waals surface area contributed by atoms with Gasteiger partial charge >= 0.3 is 0 Å². The van der Waals surface area contributed by atoms with Crippen molar-refractivity contribution in [2.75, 3.05) is 13.6 Å². The lowest BCUT2D eigenvalue weighted by molar-refractivity contribution is -0.00908. The van der Waals surface area contributed by atoms with E-state index in [1.165, 1.54) is 31.2 Å². The Morgan fingerprint density at radius 1 is 1.44 bits per heavy atom. The van der Waals surface area contributed by atoms with Crippen molar-refractivity contribution in [3.8, 4) is 11.5 Å². The number of hydrogen-bond acceptors (Lipinski definition) is 3. The summed E-state index contributed by atoms with van der Waals surface area (Å²) in [5, 5.41) is 10.00. The Labute approximate surface area is 107 Å². The quantitative estimate of drug-likeness (QED) is 0.761. The summed E-state index contributed by atoms with van der Waals surface area (Å²) < 4.78 is 6.10. The van der Waals surface area contributed by atoms with Gasteiger partial charge in [-0.1, -0.05) is 18.6 Å². The highest BCUT2D eigenvalue weighted by molar-refractivity contribution is 5.54. The van der Waals surface area contributed by atoms with Crippen LogP contribution in [0.2, 0.25) is 0 Å². The molecule has 0 amide bonds. The summed E-state index contributed by atoms with van der Waals surface area (Å²) in [6.45, 7) is 0.985. The van der Waals surface area contributed by atoms with Crippen LogP contribution < -0.4 is 4.74 Å². The van der Waals surface area contributed by atoms with Gasteiger partial charge in [0.25, 0.3) is 0 Å². The zero-order chi connectivity index (χ0) is 12.3. The minimum atomic E-state index is 0.170. The highest BCUT2D eigenvalue weighted by Gasteiger charge is 2.55. The van der Waals surface area contributed by atoms with Crippen LogP contribution in [0.25, 0.3) is 0 Å². The number of fused-ring (bicyclic) bond motifs is 2. The van der Waals surface area contributed by atoms with Crippen molar-refractivity contribution < 1.29 is 9.84 Å². The molecule has 1 saturated heterocycles. The standard InChI is InChI=1S/C15H19NO2/c1-16-9-13-15(7-3-4-10(16)8-15)11-5-2-6-12(17)14(11)18-13/h2,5-6,10,13,17H,3-4,7-9H2,1H3/t10-,13-,15-/m0/s1. The molecule has 0 radical (unpaired) electrons. The molecule has 1 aliphatic carbocycles. The third kappa shape index (κ3) is 1.18. The average molecular weight is 245 g/mol. The van der Waals surface area contributed by atoms with Crippen LogP contribution in [-0.2, 0) is 5.41 Å². The molecule has 3 atom stereocenters. The van der Waals surface area contributed by atoms with Crippen LogP contribution >= 0.6 is 0 Å².